The van der Waals surface area contributed by atoms with Crippen molar-refractivity contribution >= 4 is 5.78 Å². The Morgan fingerprint density at radius 2 is 1.31 bits per heavy atom. The Morgan fingerprint density at radius 3 is 1.75 bits per heavy atom. The van der Waals surface area contributed by atoms with Gasteiger partial charge in [0.2, 0.25) is 0 Å². The summed E-state index contributed by atoms with van der Waals surface area (Å²) in [6.45, 7) is 4.21. The van der Waals surface area contributed by atoms with E-state index in [1.54, 1.807) is 14.2 Å². The number of ether oxygens (including phenoxy) is 2. The van der Waals surface area contributed by atoms with E-state index in [9.17, 15) is 4.79 Å². The molecule has 1 fully saturated rings. The van der Waals surface area contributed by atoms with E-state index < -0.39 is 0 Å². The number of carbonyl (C=O) groups excluding carboxylic acids is 1. The minimum absolute atomic E-state index is 0.0574. The van der Waals surface area contributed by atoms with Crippen molar-refractivity contribution in [2.45, 2.75) is 25.7 Å². The van der Waals surface area contributed by atoms with Crippen LogP contribution in [0.15, 0.2) is 90.5 Å². The molecule has 0 aromatic heterocycles. The average Bonchev–Trinajstić information content (AvgIpc) is 2.83. The highest BCUT2D eigenvalue weighted by Gasteiger charge is 2.57. The first kappa shape index (κ1) is 21.9. The number of rotatable bonds is 7. The molecule has 3 aromatic rings. The molecule has 3 aromatic carbocycles. The van der Waals surface area contributed by atoms with Crippen LogP contribution in [0.5, 0.6) is 11.5 Å². The van der Waals surface area contributed by atoms with Gasteiger partial charge in [0, 0.05) is 22.8 Å². The van der Waals surface area contributed by atoms with E-state index in [-0.39, 0.29) is 23.0 Å². The van der Waals surface area contributed by atoms with Gasteiger partial charge in [0.1, 0.15) is 11.5 Å². The van der Waals surface area contributed by atoms with Crippen molar-refractivity contribution in [1.82, 2.24) is 0 Å². The fraction of sp³-hybridized carbons (Fsp3) is 0.276. The molecule has 0 spiro atoms. The molecule has 0 N–H and O–H groups in total. The zero-order chi connectivity index (χ0) is 22.7. The molecule has 2 unspecified atom stereocenters. The number of methoxy groups -OCH3 is 2. The second-order valence-electron chi connectivity index (χ2n) is 8.74. The SMILES string of the molecule is COc1ccc(C2(c3ccc(OC)cc3)CC(C(=O)c3ccccc3)C2C=C(C)C)cc1. The number of hydrogen-bond donors (Lipinski definition) is 0. The highest BCUT2D eigenvalue weighted by Crippen LogP contribution is 2.59. The zero-order valence-electron chi connectivity index (χ0n) is 19.2. The predicted molar refractivity (Wildman–Crippen MR) is 129 cm³/mol. The summed E-state index contributed by atoms with van der Waals surface area (Å²) in [6.07, 6.45) is 3.04. The summed E-state index contributed by atoms with van der Waals surface area (Å²) in [4.78, 5) is 13.5. The number of allylic oxidation sites excluding steroid dienone is 2. The molecule has 0 saturated heterocycles. The van der Waals surface area contributed by atoms with E-state index in [4.69, 9.17) is 9.47 Å². The first-order valence-corrected chi connectivity index (χ1v) is 11.0. The van der Waals surface area contributed by atoms with E-state index in [1.165, 1.54) is 16.7 Å². The van der Waals surface area contributed by atoms with Crippen molar-refractivity contribution in [1.29, 1.82) is 0 Å². The fourth-order valence-electron chi connectivity index (χ4n) is 5.05. The lowest BCUT2D eigenvalue weighted by Gasteiger charge is -2.55. The van der Waals surface area contributed by atoms with Crippen LogP contribution in [-0.2, 0) is 5.41 Å². The van der Waals surface area contributed by atoms with Crippen LogP contribution >= 0.6 is 0 Å². The molecule has 3 nitrogen and oxygen atoms in total. The van der Waals surface area contributed by atoms with Crippen molar-refractivity contribution in [3.63, 3.8) is 0 Å². The quantitative estimate of drug-likeness (QED) is 0.321. The molecular formula is C29H30O3. The number of ketones is 1. The fourth-order valence-corrected chi connectivity index (χ4v) is 5.05. The lowest BCUT2D eigenvalue weighted by molar-refractivity contribution is 0.0597. The van der Waals surface area contributed by atoms with Crippen molar-refractivity contribution in [2.24, 2.45) is 11.8 Å². The normalized spacial score (nSPS) is 18.9. The molecule has 1 aliphatic carbocycles. The molecule has 32 heavy (non-hydrogen) atoms. The third kappa shape index (κ3) is 3.84. The number of carbonyl (C=O) groups is 1. The molecule has 0 heterocycles. The molecule has 4 rings (SSSR count). The lowest BCUT2D eigenvalue weighted by atomic mass is 9.47. The van der Waals surface area contributed by atoms with Crippen LogP contribution in [0.2, 0.25) is 0 Å². The van der Waals surface area contributed by atoms with Gasteiger partial charge in [-0.15, -0.1) is 0 Å². The summed E-state index contributed by atoms with van der Waals surface area (Å²) in [5.41, 5.74) is 4.10. The third-order valence-electron chi connectivity index (χ3n) is 6.66. The molecule has 1 aliphatic rings. The standard InChI is InChI=1S/C29H30O3/c1-20(2)18-27-26(28(30)21-8-6-5-7-9-21)19-29(27,22-10-14-24(31-3)15-11-22)23-12-16-25(32-4)17-13-23/h5-18,26-27H,19H2,1-4H3. The molecular weight excluding hydrogens is 396 g/mol. The molecule has 3 heteroatoms. The second kappa shape index (κ2) is 9.04. The van der Waals surface area contributed by atoms with Crippen molar-refractivity contribution < 1.29 is 14.3 Å². The van der Waals surface area contributed by atoms with E-state index in [0.29, 0.717) is 0 Å². The van der Waals surface area contributed by atoms with Gasteiger partial charge in [-0.1, -0.05) is 66.2 Å². The van der Waals surface area contributed by atoms with Gasteiger partial charge in [-0.25, -0.2) is 0 Å². The Morgan fingerprint density at radius 1 is 0.812 bits per heavy atom. The Labute approximate surface area is 190 Å². The van der Waals surface area contributed by atoms with Crippen LogP contribution in [0.3, 0.4) is 0 Å². The Balaban J connectivity index is 1.83. The van der Waals surface area contributed by atoms with Crippen LogP contribution in [0.25, 0.3) is 0 Å². The molecule has 1 saturated carbocycles. The Bertz CT molecular complexity index is 1040. The summed E-state index contributed by atoms with van der Waals surface area (Å²) in [5, 5.41) is 0. The van der Waals surface area contributed by atoms with E-state index >= 15 is 0 Å². The molecule has 2 atom stereocenters. The van der Waals surface area contributed by atoms with Crippen LogP contribution in [-0.4, -0.2) is 20.0 Å². The van der Waals surface area contributed by atoms with Gasteiger partial charge < -0.3 is 9.47 Å². The van der Waals surface area contributed by atoms with E-state index in [0.717, 1.165) is 23.5 Å². The monoisotopic (exact) mass is 426 g/mol. The molecule has 0 bridgehead atoms. The lowest BCUT2D eigenvalue weighted by Crippen LogP contribution is -2.54. The molecule has 0 aliphatic heterocycles. The third-order valence-corrected chi connectivity index (χ3v) is 6.66. The van der Waals surface area contributed by atoms with Crippen LogP contribution in [0.4, 0.5) is 0 Å². The molecule has 164 valence electrons. The number of benzene rings is 3. The van der Waals surface area contributed by atoms with Crippen molar-refractivity contribution in [2.75, 3.05) is 14.2 Å². The first-order valence-electron chi connectivity index (χ1n) is 11.0. The maximum absolute atomic E-state index is 13.5. The Kier molecular flexibility index (Phi) is 6.18. The van der Waals surface area contributed by atoms with Gasteiger partial charge >= 0.3 is 0 Å². The number of hydrogen-bond acceptors (Lipinski definition) is 3. The summed E-state index contributed by atoms with van der Waals surface area (Å²) < 4.78 is 10.8. The van der Waals surface area contributed by atoms with Gasteiger partial charge in [-0.3, -0.25) is 4.79 Å². The highest BCUT2D eigenvalue weighted by molar-refractivity contribution is 5.99. The van der Waals surface area contributed by atoms with Crippen LogP contribution < -0.4 is 9.47 Å². The van der Waals surface area contributed by atoms with Crippen molar-refractivity contribution in [3.8, 4) is 11.5 Å². The highest BCUT2D eigenvalue weighted by atomic mass is 16.5. The van der Waals surface area contributed by atoms with Gasteiger partial charge in [-0.05, 0) is 55.7 Å². The van der Waals surface area contributed by atoms with Gasteiger partial charge in [0.05, 0.1) is 14.2 Å². The van der Waals surface area contributed by atoms with E-state index in [1.807, 2.05) is 54.6 Å². The largest absolute Gasteiger partial charge is 0.497 e. The zero-order valence-corrected chi connectivity index (χ0v) is 19.2. The summed E-state index contributed by atoms with van der Waals surface area (Å²) in [5.74, 6) is 1.85. The van der Waals surface area contributed by atoms with Gasteiger partial charge in [-0.2, -0.15) is 0 Å². The predicted octanol–water partition coefficient (Wildman–Crippen LogP) is 6.48. The summed E-state index contributed by atoms with van der Waals surface area (Å²) >= 11 is 0. The van der Waals surface area contributed by atoms with Crippen molar-refractivity contribution in [3.05, 3.63) is 107 Å². The van der Waals surface area contributed by atoms with Gasteiger partial charge in [0.25, 0.3) is 0 Å². The Hall–Kier alpha value is -3.33. The second-order valence-corrected chi connectivity index (χ2v) is 8.74. The maximum atomic E-state index is 13.5. The minimum atomic E-state index is -0.287. The smallest absolute Gasteiger partial charge is 0.166 e. The topological polar surface area (TPSA) is 35.5 Å². The van der Waals surface area contributed by atoms with Crippen LogP contribution in [0, 0.1) is 11.8 Å². The summed E-state index contributed by atoms with van der Waals surface area (Å²) in [7, 11) is 3.36. The molecule has 0 amide bonds. The molecule has 0 radical (unpaired) electrons. The first-order chi connectivity index (χ1) is 15.5. The van der Waals surface area contributed by atoms with Gasteiger partial charge in [0.15, 0.2) is 5.78 Å². The maximum Gasteiger partial charge on any atom is 0.166 e. The summed E-state index contributed by atoms with van der Waals surface area (Å²) in [6, 6.07) is 26.2. The number of Topliss-reactive ketones (excluding diaryl/α,β-unsaturated/α-hetero) is 1. The van der Waals surface area contributed by atoms with Crippen LogP contribution in [0.1, 0.15) is 41.8 Å². The average molecular weight is 427 g/mol. The van der Waals surface area contributed by atoms with E-state index in [2.05, 4.69) is 44.2 Å². The minimum Gasteiger partial charge on any atom is -0.497 e.